The minimum absolute atomic E-state index is 0.106. The number of piperazine rings is 1. The number of nitrogens with zero attached hydrogens (tertiary/aromatic N) is 2. The molecule has 140 valence electrons. The molecule has 1 heterocycles. The van der Waals surface area contributed by atoms with E-state index in [4.69, 9.17) is 4.74 Å². The number of hydrogen-bond acceptors (Lipinski definition) is 4. The number of ether oxygens (including phenoxy) is 1. The Morgan fingerprint density at radius 3 is 2.08 bits per heavy atom. The van der Waals surface area contributed by atoms with Crippen LogP contribution in [0.2, 0.25) is 0 Å². The molecule has 0 unspecified atom stereocenters. The van der Waals surface area contributed by atoms with Crippen molar-refractivity contribution < 1.29 is 21.9 Å². The molecule has 2 aromatic carbocycles. The number of hydrogen-bond donors (Lipinski definition) is 0. The van der Waals surface area contributed by atoms with Gasteiger partial charge in [0.05, 0.1) is 11.5 Å². The molecule has 0 bridgehead atoms. The molecule has 26 heavy (non-hydrogen) atoms. The van der Waals surface area contributed by atoms with Crippen molar-refractivity contribution in [3.63, 3.8) is 0 Å². The van der Waals surface area contributed by atoms with Crippen LogP contribution in [0, 0.1) is 11.6 Å². The molecule has 1 saturated heterocycles. The van der Waals surface area contributed by atoms with Crippen LogP contribution in [0.4, 0.5) is 14.5 Å². The maximum atomic E-state index is 13.9. The van der Waals surface area contributed by atoms with Crippen LogP contribution in [0.5, 0.6) is 5.75 Å². The van der Waals surface area contributed by atoms with Crippen molar-refractivity contribution in [2.75, 3.05) is 37.7 Å². The standard InChI is InChI=1S/C18H20F2N2O3S/c1-2-25-14-6-8-15(9-7-14)26(23,24)22-12-10-21(11-13-22)18-16(19)4-3-5-17(18)20/h3-9H,2,10-13H2,1H3. The van der Waals surface area contributed by atoms with Crippen LogP contribution in [0.25, 0.3) is 0 Å². The average molecular weight is 382 g/mol. The summed E-state index contributed by atoms with van der Waals surface area (Å²) >= 11 is 0. The van der Waals surface area contributed by atoms with Crippen molar-refractivity contribution in [1.29, 1.82) is 0 Å². The third kappa shape index (κ3) is 3.66. The van der Waals surface area contributed by atoms with E-state index in [1.54, 1.807) is 12.1 Å². The molecule has 1 fully saturated rings. The fourth-order valence-electron chi connectivity index (χ4n) is 2.97. The van der Waals surface area contributed by atoms with Crippen molar-refractivity contribution in [1.82, 2.24) is 4.31 Å². The Morgan fingerprint density at radius 1 is 0.962 bits per heavy atom. The molecular formula is C18H20F2N2O3S. The topological polar surface area (TPSA) is 49.9 Å². The molecule has 0 amide bonds. The van der Waals surface area contributed by atoms with E-state index in [1.807, 2.05) is 6.92 Å². The molecule has 0 aliphatic carbocycles. The smallest absolute Gasteiger partial charge is 0.243 e. The summed E-state index contributed by atoms with van der Waals surface area (Å²) in [7, 11) is -3.66. The van der Waals surface area contributed by atoms with Gasteiger partial charge in [0.1, 0.15) is 23.1 Å². The molecule has 5 nitrogen and oxygen atoms in total. The summed E-state index contributed by atoms with van der Waals surface area (Å²) in [5, 5.41) is 0. The highest BCUT2D eigenvalue weighted by Crippen LogP contribution is 2.26. The SMILES string of the molecule is CCOc1ccc(S(=O)(=O)N2CCN(c3c(F)cccc3F)CC2)cc1. The average Bonchev–Trinajstić information content (AvgIpc) is 2.63. The summed E-state index contributed by atoms with van der Waals surface area (Å²) in [6.45, 7) is 3.10. The van der Waals surface area contributed by atoms with E-state index in [0.717, 1.165) is 0 Å². The summed E-state index contributed by atoms with van der Waals surface area (Å²) in [6, 6.07) is 9.93. The van der Waals surface area contributed by atoms with Gasteiger partial charge in [-0.05, 0) is 43.3 Å². The monoisotopic (exact) mass is 382 g/mol. The van der Waals surface area contributed by atoms with Gasteiger partial charge in [-0.1, -0.05) is 6.07 Å². The lowest BCUT2D eigenvalue weighted by Crippen LogP contribution is -2.49. The zero-order valence-corrected chi connectivity index (χ0v) is 15.2. The van der Waals surface area contributed by atoms with Crippen LogP contribution >= 0.6 is 0 Å². The van der Waals surface area contributed by atoms with Gasteiger partial charge in [0.15, 0.2) is 0 Å². The molecule has 2 aromatic rings. The highest BCUT2D eigenvalue weighted by Gasteiger charge is 2.30. The number of para-hydroxylation sites is 1. The van der Waals surface area contributed by atoms with Gasteiger partial charge in [-0.25, -0.2) is 17.2 Å². The Kier molecular flexibility index (Phi) is 5.43. The Bertz CT molecular complexity index is 844. The third-order valence-electron chi connectivity index (χ3n) is 4.26. The first-order valence-electron chi connectivity index (χ1n) is 8.35. The normalized spacial score (nSPS) is 15.9. The number of anilines is 1. The Balaban J connectivity index is 1.72. The first-order chi connectivity index (χ1) is 12.4. The zero-order chi connectivity index (χ0) is 18.7. The predicted molar refractivity (Wildman–Crippen MR) is 94.9 cm³/mol. The van der Waals surface area contributed by atoms with Crippen LogP contribution in [0.1, 0.15) is 6.92 Å². The summed E-state index contributed by atoms with van der Waals surface area (Å²) in [5.74, 6) is -0.688. The lowest BCUT2D eigenvalue weighted by molar-refractivity contribution is 0.340. The second-order valence-corrected chi connectivity index (χ2v) is 7.80. The first-order valence-corrected chi connectivity index (χ1v) is 9.79. The minimum Gasteiger partial charge on any atom is -0.494 e. The van der Waals surface area contributed by atoms with E-state index in [2.05, 4.69) is 0 Å². The van der Waals surface area contributed by atoms with Gasteiger partial charge in [0.25, 0.3) is 0 Å². The molecule has 0 radical (unpaired) electrons. The maximum absolute atomic E-state index is 13.9. The van der Waals surface area contributed by atoms with Gasteiger partial charge < -0.3 is 9.64 Å². The Labute approximate surface area is 151 Å². The van der Waals surface area contributed by atoms with Crippen LogP contribution in [0.15, 0.2) is 47.4 Å². The minimum atomic E-state index is -3.66. The second kappa shape index (κ2) is 7.59. The van der Waals surface area contributed by atoms with Crippen LogP contribution < -0.4 is 9.64 Å². The number of rotatable bonds is 5. The maximum Gasteiger partial charge on any atom is 0.243 e. The van der Waals surface area contributed by atoms with Crippen molar-refractivity contribution >= 4 is 15.7 Å². The number of halogens is 2. The van der Waals surface area contributed by atoms with Crippen molar-refractivity contribution in [3.05, 3.63) is 54.1 Å². The van der Waals surface area contributed by atoms with E-state index in [1.165, 1.54) is 39.5 Å². The molecule has 0 aromatic heterocycles. The van der Waals surface area contributed by atoms with Gasteiger partial charge >= 0.3 is 0 Å². The molecule has 0 saturated carbocycles. The summed E-state index contributed by atoms with van der Waals surface area (Å²) in [6.07, 6.45) is 0. The quantitative estimate of drug-likeness (QED) is 0.798. The molecular weight excluding hydrogens is 362 g/mol. The summed E-state index contributed by atoms with van der Waals surface area (Å²) < 4.78 is 60.0. The second-order valence-electron chi connectivity index (χ2n) is 5.87. The van der Waals surface area contributed by atoms with Gasteiger partial charge in [-0.15, -0.1) is 0 Å². The fraction of sp³-hybridized carbons (Fsp3) is 0.333. The largest absolute Gasteiger partial charge is 0.494 e. The van der Waals surface area contributed by atoms with Crippen molar-refractivity contribution in [2.45, 2.75) is 11.8 Å². The number of benzene rings is 2. The fourth-order valence-corrected chi connectivity index (χ4v) is 4.39. The van der Waals surface area contributed by atoms with E-state index in [9.17, 15) is 17.2 Å². The molecule has 3 rings (SSSR count). The highest BCUT2D eigenvalue weighted by atomic mass is 32.2. The van der Waals surface area contributed by atoms with Crippen LogP contribution in [-0.2, 0) is 10.0 Å². The van der Waals surface area contributed by atoms with Gasteiger partial charge in [0, 0.05) is 26.2 Å². The molecule has 0 N–H and O–H groups in total. The molecule has 0 atom stereocenters. The van der Waals surface area contributed by atoms with E-state index >= 15 is 0 Å². The Morgan fingerprint density at radius 2 is 1.54 bits per heavy atom. The molecule has 1 aliphatic rings. The van der Waals surface area contributed by atoms with Crippen molar-refractivity contribution in [2.24, 2.45) is 0 Å². The predicted octanol–water partition coefficient (Wildman–Crippen LogP) is 2.87. The molecule has 8 heteroatoms. The lowest BCUT2D eigenvalue weighted by Gasteiger charge is -2.35. The zero-order valence-electron chi connectivity index (χ0n) is 14.4. The van der Waals surface area contributed by atoms with Crippen LogP contribution in [0.3, 0.4) is 0 Å². The van der Waals surface area contributed by atoms with Gasteiger partial charge in [0.2, 0.25) is 10.0 Å². The number of sulfonamides is 1. The highest BCUT2D eigenvalue weighted by molar-refractivity contribution is 7.89. The van der Waals surface area contributed by atoms with E-state index < -0.39 is 21.7 Å². The molecule has 0 spiro atoms. The van der Waals surface area contributed by atoms with Gasteiger partial charge in [-0.3, -0.25) is 0 Å². The third-order valence-corrected chi connectivity index (χ3v) is 6.18. The van der Waals surface area contributed by atoms with E-state index in [0.29, 0.717) is 12.4 Å². The summed E-state index contributed by atoms with van der Waals surface area (Å²) in [4.78, 5) is 1.71. The van der Waals surface area contributed by atoms with E-state index in [-0.39, 0.29) is 36.8 Å². The van der Waals surface area contributed by atoms with Crippen molar-refractivity contribution in [3.8, 4) is 5.75 Å². The first kappa shape index (κ1) is 18.6. The summed E-state index contributed by atoms with van der Waals surface area (Å²) in [5.41, 5.74) is -0.106. The Hall–Kier alpha value is -2.19. The van der Waals surface area contributed by atoms with Crippen LogP contribution in [-0.4, -0.2) is 45.5 Å². The lowest BCUT2D eigenvalue weighted by atomic mass is 10.2. The molecule has 1 aliphatic heterocycles. The van der Waals surface area contributed by atoms with Gasteiger partial charge in [-0.2, -0.15) is 4.31 Å².